The minimum Gasteiger partial charge on any atom is -0.399 e. The Morgan fingerprint density at radius 1 is 0.833 bits per heavy atom. The molecular formula is C22H15N5O3. The van der Waals surface area contributed by atoms with Crippen LogP contribution in [0.25, 0.3) is 0 Å². The highest BCUT2D eigenvalue weighted by molar-refractivity contribution is 6.33. The number of nitriles is 1. The molecule has 30 heavy (non-hydrogen) atoms. The van der Waals surface area contributed by atoms with Gasteiger partial charge < -0.3 is 22.5 Å². The third-order valence-electron chi connectivity index (χ3n) is 4.96. The molecule has 8 nitrogen and oxygen atoms in total. The summed E-state index contributed by atoms with van der Waals surface area (Å²) in [5.74, 6) is -1.79. The van der Waals surface area contributed by atoms with E-state index in [2.05, 4.69) is 5.32 Å². The van der Waals surface area contributed by atoms with Crippen LogP contribution in [0.5, 0.6) is 0 Å². The predicted octanol–water partition coefficient (Wildman–Crippen LogP) is 2.33. The molecule has 4 rings (SSSR count). The van der Waals surface area contributed by atoms with Crippen molar-refractivity contribution in [1.29, 1.82) is 5.26 Å². The van der Waals surface area contributed by atoms with Gasteiger partial charge in [0.1, 0.15) is 6.07 Å². The van der Waals surface area contributed by atoms with E-state index in [1.807, 2.05) is 6.07 Å². The molecule has 146 valence electrons. The summed E-state index contributed by atoms with van der Waals surface area (Å²) in [5.41, 5.74) is 17.8. The SMILES string of the molecule is N#Cc1c(N)c2c(c(N)c1C(=O)Nc1ccc(N)cc1)C(=O)c1ccccc1C2=O. The molecule has 3 aromatic rings. The Morgan fingerprint density at radius 2 is 1.37 bits per heavy atom. The van der Waals surface area contributed by atoms with Crippen molar-refractivity contribution in [3.05, 3.63) is 81.9 Å². The molecule has 0 saturated heterocycles. The Balaban J connectivity index is 1.92. The fourth-order valence-corrected chi connectivity index (χ4v) is 3.52. The van der Waals surface area contributed by atoms with Crippen LogP contribution < -0.4 is 22.5 Å². The van der Waals surface area contributed by atoms with Gasteiger partial charge in [0.05, 0.1) is 33.6 Å². The molecular weight excluding hydrogens is 382 g/mol. The highest BCUT2D eigenvalue weighted by Crippen LogP contribution is 2.39. The van der Waals surface area contributed by atoms with E-state index in [1.165, 1.54) is 12.1 Å². The van der Waals surface area contributed by atoms with Crippen molar-refractivity contribution in [3.8, 4) is 6.07 Å². The molecule has 3 aromatic carbocycles. The van der Waals surface area contributed by atoms with Crippen LogP contribution in [0.2, 0.25) is 0 Å². The molecule has 0 atom stereocenters. The van der Waals surface area contributed by atoms with Crippen LogP contribution >= 0.6 is 0 Å². The Labute approximate surface area is 170 Å². The van der Waals surface area contributed by atoms with Crippen LogP contribution in [0, 0.1) is 11.3 Å². The number of nitrogens with zero attached hydrogens (tertiary/aromatic N) is 1. The molecule has 0 unspecified atom stereocenters. The van der Waals surface area contributed by atoms with E-state index in [0.717, 1.165) is 0 Å². The molecule has 1 aliphatic rings. The predicted molar refractivity (Wildman–Crippen MR) is 112 cm³/mol. The van der Waals surface area contributed by atoms with Crippen molar-refractivity contribution < 1.29 is 14.4 Å². The lowest BCUT2D eigenvalue weighted by Gasteiger charge is -2.23. The summed E-state index contributed by atoms with van der Waals surface area (Å²) in [6, 6.07) is 14.4. The average Bonchev–Trinajstić information content (AvgIpc) is 2.74. The maximum absolute atomic E-state index is 13.1. The molecule has 0 fully saturated rings. The van der Waals surface area contributed by atoms with Crippen molar-refractivity contribution >= 4 is 40.2 Å². The number of nitrogens with two attached hydrogens (primary N) is 3. The van der Waals surface area contributed by atoms with E-state index in [0.29, 0.717) is 11.4 Å². The number of hydrogen-bond donors (Lipinski definition) is 4. The van der Waals surface area contributed by atoms with Crippen LogP contribution in [0.4, 0.5) is 22.7 Å². The Hall–Kier alpha value is -4.64. The van der Waals surface area contributed by atoms with Crippen molar-refractivity contribution in [1.82, 2.24) is 0 Å². The summed E-state index contributed by atoms with van der Waals surface area (Å²) >= 11 is 0. The topological polar surface area (TPSA) is 165 Å². The monoisotopic (exact) mass is 397 g/mol. The molecule has 0 radical (unpaired) electrons. The first-order chi connectivity index (χ1) is 14.3. The fourth-order valence-electron chi connectivity index (χ4n) is 3.52. The second-order valence-electron chi connectivity index (χ2n) is 6.72. The fraction of sp³-hybridized carbons (Fsp3) is 0. The van der Waals surface area contributed by atoms with Gasteiger partial charge in [-0.15, -0.1) is 0 Å². The van der Waals surface area contributed by atoms with Crippen molar-refractivity contribution in [2.45, 2.75) is 0 Å². The molecule has 1 aliphatic carbocycles. The standard InChI is InChI=1S/C22H15N5O3/c23-9-14-15(22(30)27-11-7-5-10(24)6-8-11)19(26)17-16(18(14)25)20(28)12-3-1-2-4-13(12)21(17)29/h1-8H,24-26H2,(H,27,30). The van der Waals surface area contributed by atoms with E-state index in [1.54, 1.807) is 36.4 Å². The molecule has 0 spiro atoms. The summed E-state index contributed by atoms with van der Waals surface area (Å²) in [6.07, 6.45) is 0. The van der Waals surface area contributed by atoms with Crippen LogP contribution in [-0.4, -0.2) is 17.5 Å². The average molecular weight is 397 g/mol. The van der Waals surface area contributed by atoms with Gasteiger partial charge in [-0.05, 0) is 24.3 Å². The van der Waals surface area contributed by atoms with E-state index in [9.17, 15) is 19.6 Å². The zero-order chi connectivity index (χ0) is 21.6. The number of rotatable bonds is 2. The first kappa shape index (κ1) is 18.7. The second-order valence-corrected chi connectivity index (χ2v) is 6.72. The van der Waals surface area contributed by atoms with Crippen LogP contribution in [0.1, 0.15) is 47.8 Å². The molecule has 1 amide bonds. The van der Waals surface area contributed by atoms with Gasteiger partial charge in [-0.25, -0.2) is 0 Å². The molecule has 7 N–H and O–H groups in total. The largest absolute Gasteiger partial charge is 0.399 e. The molecule has 0 saturated carbocycles. The molecule has 0 aliphatic heterocycles. The second kappa shape index (κ2) is 6.76. The number of anilines is 4. The summed E-state index contributed by atoms with van der Waals surface area (Å²) in [4.78, 5) is 39.0. The van der Waals surface area contributed by atoms with E-state index >= 15 is 0 Å². The molecule has 8 heteroatoms. The summed E-state index contributed by atoms with van der Waals surface area (Å²) in [7, 11) is 0. The number of carbonyl (C=O) groups excluding carboxylic acids is 3. The maximum Gasteiger partial charge on any atom is 0.259 e. The number of nitrogen functional groups attached to an aromatic ring is 3. The van der Waals surface area contributed by atoms with Crippen molar-refractivity contribution in [2.75, 3.05) is 22.5 Å². The first-order valence-corrected chi connectivity index (χ1v) is 8.85. The van der Waals surface area contributed by atoms with Crippen LogP contribution in [-0.2, 0) is 0 Å². The number of fused-ring (bicyclic) bond motifs is 2. The number of amides is 1. The quantitative estimate of drug-likeness (QED) is 0.377. The van der Waals surface area contributed by atoms with Crippen molar-refractivity contribution in [2.24, 2.45) is 0 Å². The number of nitrogens with one attached hydrogen (secondary N) is 1. The number of benzene rings is 3. The third-order valence-corrected chi connectivity index (χ3v) is 4.96. The van der Waals surface area contributed by atoms with Gasteiger partial charge in [0.25, 0.3) is 5.91 Å². The zero-order valence-electron chi connectivity index (χ0n) is 15.5. The van der Waals surface area contributed by atoms with Crippen LogP contribution in [0.3, 0.4) is 0 Å². The normalized spacial score (nSPS) is 12.0. The highest BCUT2D eigenvalue weighted by atomic mass is 16.2. The smallest absolute Gasteiger partial charge is 0.259 e. The molecule has 0 heterocycles. The Kier molecular flexibility index (Phi) is 4.21. The number of carbonyl (C=O) groups is 3. The lowest BCUT2D eigenvalue weighted by molar-refractivity contribution is 0.0979. The van der Waals surface area contributed by atoms with Crippen LogP contribution in [0.15, 0.2) is 48.5 Å². The van der Waals surface area contributed by atoms with E-state index in [4.69, 9.17) is 17.2 Å². The van der Waals surface area contributed by atoms with E-state index < -0.39 is 17.5 Å². The van der Waals surface area contributed by atoms with Gasteiger partial charge in [-0.2, -0.15) is 5.26 Å². The Morgan fingerprint density at radius 3 is 1.90 bits per heavy atom. The minimum absolute atomic E-state index is 0.156. The summed E-state index contributed by atoms with van der Waals surface area (Å²) in [6.45, 7) is 0. The summed E-state index contributed by atoms with van der Waals surface area (Å²) < 4.78 is 0. The Bertz CT molecular complexity index is 1300. The maximum atomic E-state index is 13.1. The van der Waals surface area contributed by atoms with Gasteiger partial charge in [-0.3, -0.25) is 14.4 Å². The first-order valence-electron chi connectivity index (χ1n) is 8.85. The van der Waals surface area contributed by atoms with Gasteiger partial charge in [0, 0.05) is 22.5 Å². The van der Waals surface area contributed by atoms with Gasteiger partial charge in [0.2, 0.25) is 0 Å². The zero-order valence-corrected chi connectivity index (χ0v) is 15.5. The highest BCUT2D eigenvalue weighted by Gasteiger charge is 2.37. The number of hydrogen-bond acceptors (Lipinski definition) is 7. The van der Waals surface area contributed by atoms with Gasteiger partial charge >= 0.3 is 0 Å². The third kappa shape index (κ3) is 2.65. The minimum atomic E-state index is -0.734. The van der Waals surface area contributed by atoms with Gasteiger partial charge in [-0.1, -0.05) is 24.3 Å². The molecule has 0 bridgehead atoms. The molecule has 0 aromatic heterocycles. The summed E-state index contributed by atoms with van der Waals surface area (Å²) in [5, 5.41) is 12.2. The number of ketones is 2. The lowest BCUT2D eigenvalue weighted by Crippen LogP contribution is -2.27. The van der Waals surface area contributed by atoms with Gasteiger partial charge in [0.15, 0.2) is 11.6 Å². The lowest BCUT2D eigenvalue weighted by atomic mass is 9.79. The van der Waals surface area contributed by atoms with E-state index in [-0.39, 0.29) is 44.8 Å². The van der Waals surface area contributed by atoms with Crippen molar-refractivity contribution in [3.63, 3.8) is 0 Å².